The van der Waals surface area contributed by atoms with E-state index < -0.39 is 0 Å². The summed E-state index contributed by atoms with van der Waals surface area (Å²) in [6.45, 7) is 10.7. The van der Waals surface area contributed by atoms with Crippen molar-refractivity contribution in [2.24, 2.45) is 0 Å². The van der Waals surface area contributed by atoms with Crippen molar-refractivity contribution in [3.05, 3.63) is 69.9 Å². The third-order valence-corrected chi connectivity index (χ3v) is 5.96. The van der Waals surface area contributed by atoms with E-state index >= 15 is 0 Å². The lowest BCUT2D eigenvalue weighted by Crippen LogP contribution is -1.97. The summed E-state index contributed by atoms with van der Waals surface area (Å²) in [5.74, 6) is 0.863. The van der Waals surface area contributed by atoms with Gasteiger partial charge in [0.05, 0.1) is 5.39 Å². The molecule has 0 aliphatic heterocycles. The van der Waals surface area contributed by atoms with Crippen LogP contribution in [0.15, 0.2) is 42.7 Å². The zero-order valence-corrected chi connectivity index (χ0v) is 17.2. The van der Waals surface area contributed by atoms with Crippen LogP contribution in [0.3, 0.4) is 0 Å². The van der Waals surface area contributed by atoms with Gasteiger partial charge in [-0.25, -0.2) is 9.97 Å². The SMILES string of the molecule is Cc1cc(C)cc(Nc2ncnc3sc(C)c(-c4ccc(C)c(C)c4)c23)c1. The van der Waals surface area contributed by atoms with E-state index in [0.717, 1.165) is 21.7 Å². The minimum atomic E-state index is 0.863. The molecule has 2 aromatic carbocycles. The topological polar surface area (TPSA) is 37.8 Å². The van der Waals surface area contributed by atoms with Gasteiger partial charge in [0.15, 0.2) is 0 Å². The Morgan fingerprint density at radius 3 is 2.26 bits per heavy atom. The molecular formula is C23H23N3S. The predicted molar refractivity (Wildman–Crippen MR) is 116 cm³/mol. The fourth-order valence-electron chi connectivity index (χ4n) is 3.57. The molecule has 0 atom stereocenters. The van der Waals surface area contributed by atoms with Gasteiger partial charge in [-0.1, -0.05) is 24.3 Å². The molecule has 4 aromatic rings. The summed E-state index contributed by atoms with van der Waals surface area (Å²) in [5.41, 5.74) is 8.58. The highest BCUT2D eigenvalue weighted by Gasteiger charge is 2.17. The Balaban J connectivity index is 1.90. The Morgan fingerprint density at radius 2 is 1.56 bits per heavy atom. The highest BCUT2D eigenvalue weighted by Crippen LogP contribution is 2.41. The molecule has 0 radical (unpaired) electrons. The first kappa shape index (κ1) is 17.7. The van der Waals surface area contributed by atoms with Crippen LogP contribution in [0, 0.1) is 34.6 Å². The lowest BCUT2D eigenvalue weighted by atomic mass is 9.99. The van der Waals surface area contributed by atoms with Gasteiger partial charge < -0.3 is 5.32 Å². The number of anilines is 2. The third kappa shape index (κ3) is 3.33. The highest BCUT2D eigenvalue weighted by molar-refractivity contribution is 7.19. The van der Waals surface area contributed by atoms with Crippen LogP contribution in [0.25, 0.3) is 21.3 Å². The summed E-state index contributed by atoms with van der Waals surface area (Å²) in [7, 11) is 0. The van der Waals surface area contributed by atoms with Gasteiger partial charge in [-0.3, -0.25) is 0 Å². The summed E-state index contributed by atoms with van der Waals surface area (Å²) >= 11 is 1.72. The molecule has 27 heavy (non-hydrogen) atoms. The Bertz CT molecular complexity index is 1140. The number of nitrogens with one attached hydrogen (secondary N) is 1. The lowest BCUT2D eigenvalue weighted by Gasteiger charge is -2.11. The van der Waals surface area contributed by atoms with E-state index in [1.807, 2.05) is 0 Å². The molecule has 1 N–H and O–H groups in total. The zero-order chi connectivity index (χ0) is 19.1. The fourth-order valence-corrected chi connectivity index (χ4v) is 4.58. The molecule has 3 nitrogen and oxygen atoms in total. The monoisotopic (exact) mass is 373 g/mol. The minimum absolute atomic E-state index is 0.863. The van der Waals surface area contributed by atoms with Crippen molar-refractivity contribution >= 4 is 33.1 Å². The van der Waals surface area contributed by atoms with Crippen molar-refractivity contribution in [3.63, 3.8) is 0 Å². The molecule has 4 heteroatoms. The van der Waals surface area contributed by atoms with Gasteiger partial charge in [0.1, 0.15) is 17.0 Å². The molecule has 0 spiro atoms. The fraction of sp³-hybridized carbons (Fsp3) is 0.217. The maximum Gasteiger partial charge on any atom is 0.143 e. The number of aryl methyl sites for hydroxylation is 5. The molecule has 0 aliphatic carbocycles. The van der Waals surface area contributed by atoms with Gasteiger partial charge in [0, 0.05) is 16.1 Å². The zero-order valence-electron chi connectivity index (χ0n) is 16.3. The van der Waals surface area contributed by atoms with Crippen molar-refractivity contribution in [3.8, 4) is 11.1 Å². The average Bonchev–Trinajstić information content (AvgIpc) is 2.93. The standard InChI is InChI=1S/C23H23N3S/c1-13-8-14(2)10-19(9-13)26-22-21-20(17(5)27-23(21)25-12-24-22)18-7-6-15(3)16(4)11-18/h6-12H,1-5H3,(H,24,25,26). The molecule has 0 bridgehead atoms. The van der Waals surface area contributed by atoms with Crippen molar-refractivity contribution in [1.29, 1.82) is 0 Å². The molecule has 4 rings (SSSR count). The van der Waals surface area contributed by atoms with E-state index in [0.29, 0.717) is 0 Å². The van der Waals surface area contributed by atoms with Crippen LogP contribution in [-0.4, -0.2) is 9.97 Å². The Morgan fingerprint density at radius 1 is 0.815 bits per heavy atom. The number of nitrogens with zero attached hydrogens (tertiary/aromatic N) is 2. The second-order valence-electron chi connectivity index (χ2n) is 7.24. The number of hydrogen-bond donors (Lipinski definition) is 1. The molecule has 0 saturated heterocycles. The number of fused-ring (bicyclic) bond motifs is 1. The summed E-state index contributed by atoms with van der Waals surface area (Å²) in [6.07, 6.45) is 1.65. The number of hydrogen-bond acceptors (Lipinski definition) is 4. The molecule has 0 unspecified atom stereocenters. The normalized spacial score (nSPS) is 11.1. The average molecular weight is 374 g/mol. The first-order valence-electron chi connectivity index (χ1n) is 9.09. The van der Waals surface area contributed by atoms with Crippen LogP contribution in [0.2, 0.25) is 0 Å². The second kappa shape index (κ2) is 6.78. The van der Waals surface area contributed by atoms with Gasteiger partial charge in [-0.2, -0.15) is 0 Å². The van der Waals surface area contributed by atoms with E-state index in [9.17, 15) is 0 Å². The van der Waals surface area contributed by atoms with Crippen LogP contribution < -0.4 is 5.32 Å². The van der Waals surface area contributed by atoms with Crippen molar-refractivity contribution < 1.29 is 0 Å². The van der Waals surface area contributed by atoms with Gasteiger partial charge in [0.2, 0.25) is 0 Å². The van der Waals surface area contributed by atoms with Gasteiger partial charge in [-0.15, -0.1) is 11.3 Å². The molecule has 136 valence electrons. The molecular weight excluding hydrogens is 350 g/mol. The minimum Gasteiger partial charge on any atom is -0.340 e. The van der Waals surface area contributed by atoms with Crippen LogP contribution in [0.1, 0.15) is 27.1 Å². The lowest BCUT2D eigenvalue weighted by molar-refractivity contribution is 1.23. The maximum atomic E-state index is 4.59. The van der Waals surface area contributed by atoms with Gasteiger partial charge >= 0.3 is 0 Å². The first-order chi connectivity index (χ1) is 12.9. The number of thiophene rings is 1. The van der Waals surface area contributed by atoms with E-state index in [4.69, 9.17) is 0 Å². The number of benzene rings is 2. The Hall–Kier alpha value is -2.72. The van der Waals surface area contributed by atoms with Crippen molar-refractivity contribution in [1.82, 2.24) is 9.97 Å². The van der Waals surface area contributed by atoms with Crippen molar-refractivity contribution in [2.75, 3.05) is 5.32 Å². The first-order valence-corrected chi connectivity index (χ1v) is 9.91. The van der Waals surface area contributed by atoms with Crippen LogP contribution >= 0.6 is 11.3 Å². The van der Waals surface area contributed by atoms with Gasteiger partial charge in [-0.05, 0) is 74.6 Å². The van der Waals surface area contributed by atoms with Crippen LogP contribution in [-0.2, 0) is 0 Å². The van der Waals surface area contributed by atoms with Crippen molar-refractivity contribution in [2.45, 2.75) is 34.6 Å². The largest absolute Gasteiger partial charge is 0.340 e. The molecule has 0 amide bonds. The molecule has 2 heterocycles. The quantitative estimate of drug-likeness (QED) is 0.437. The summed E-state index contributed by atoms with van der Waals surface area (Å²) in [4.78, 5) is 11.4. The van der Waals surface area contributed by atoms with Gasteiger partial charge in [0.25, 0.3) is 0 Å². The van der Waals surface area contributed by atoms with Crippen LogP contribution in [0.4, 0.5) is 11.5 Å². The summed E-state index contributed by atoms with van der Waals surface area (Å²) < 4.78 is 0. The highest BCUT2D eigenvalue weighted by atomic mass is 32.1. The predicted octanol–water partition coefficient (Wildman–Crippen LogP) is 6.64. The Labute approximate surface area is 164 Å². The van der Waals surface area contributed by atoms with E-state index in [2.05, 4.69) is 86.3 Å². The Kier molecular flexibility index (Phi) is 4.44. The third-order valence-electron chi connectivity index (χ3n) is 4.94. The second-order valence-corrected chi connectivity index (χ2v) is 8.44. The van der Waals surface area contributed by atoms with Crippen LogP contribution in [0.5, 0.6) is 0 Å². The maximum absolute atomic E-state index is 4.59. The smallest absolute Gasteiger partial charge is 0.143 e. The molecule has 0 aliphatic rings. The molecule has 0 fully saturated rings. The van der Waals surface area contributed by atoms with E-state index in [-0.39, 0.29) is 0 Å². The van der Waals surface area contributed by atoms with E-state index in [1.165, 1.54) is 38.3 Å². The molecule has 0 saturated carbocycles. The summed E-state index contributed by atoms with van der Waals surface area (Å²) in [6, 6.07) is 13.1. The van der Waals surface area contributed by atoms with E-state index in [1.54, 1.807) is 17.7 Å². The number of aromatic nitrogens is 2. The number of rotatable bonds is 3. The molecule has 2 aromatic heterocycles. The summed E-state index contributed by atoms with van der Waals surface area (Å²) in [5, 5.41) is 4.63.